The third-order valence-corrected chi connectivity index (χ3v) is 2.67. The van der Waals surface area contributed by atoms with Gasteiger partial charge in [-0.1, -0.05) is 16.5 Å². The molecule has 0 bridgehead atoms. The standard InChI is InChI=1S/C8H4N2O3S/c9-5-7-3-1-2-4-8(7)14(12,13)10-6-11/h1-4H. The van der Waals surface area contributed by atoms with Crippen molar-refractivity contribution in [3.63, 3.8) is 0 Å². The van der Waals surface area contributed by atoms with E-state index >= 15 is 0 Å². The lowest BCUT2D eigenvalue weighted by atomic mass is 10.2. The smallest absolute Gasteiger partial charge is 0.210 e. The van der Waals surface area contributed by atoms with E-state index in [2.05, 4.69) is 4.40 Å². The molecule has 0 N–H and O–H groups in total. The second kappa shape index (κ2) is 3.83. The van der Waals surface area contributed by atoms with E-state index in [1.807, 2.05) is 0 Å². The number of benzene rings is 1. The molecule has 70 valence electrons. The van der Waals surface area contributed by atoms with Crippen molar-refractivity contribution >= 4 is 16.1 Å². The van der Waals surface area contributed by atoms with E-state index in [9.17, 15) is 13.2 Å². The van der Waals surface area contributed by atoms with Crippen LogP contribution in [0.15, 0.2) is 33.6 Å². The van der Waals surface area contributed by atoms with Crippen LogP contribution in [0.3, 0.4) is 0 Å². The van der Waals surface area contributed by atoms with E-state index in [-0.39, 0.29) is 10.5 Å². The molecule has 0 unspecified atom stereocenters. The zero-order valence-electron chi connectivity index (χ0n) is 6.84. The molecule has 0 aromatic heterocycles. The van der Waals surface area contributed by atoms with Gasteiger partial charge >= 0.3 is 0 Å². The van der Waals surface area contributed by atoms with Crippen LogP contribution in [0.25, 0.3) is 0 Å². The molecule has 0 aliphatic rings. The number of rotatable bonds is 2. The van der Waals surface area contributed by atoms with Crippen LogP contribution in [0, 0.1) is 11.3 Å². The monoisotopic (exact) mass is 208 g/mol. The van der Waals surface area contributed by atoms with Crippen molar-refractivity contribution < 1.29 is 13.2 Å². The molecule has 14 heavy (non-hydrogen) atoms. The van der Waals surface area contributed by atoms with Gasteiger partial charge in [0.25, 0.3) is 16.1 Å². The fourth-order valence-corrected chi connectivity index (χ4v) is 1.72. The normalized spacial score (nSPS) is 9.93. The molecule has 0 saturated heterocycles. The molecule has 0 aliphatic carbocycles. The van der Waals surface area contributed by atoms with Gasteiger partial charge in [-0.05, 0) is 12.1 Å². The van der Waals surface area contributed by atoms with E-state index in [4.69, 9.17) is 5.26 Å². The number of hydrogen-bond donors (Lipinski definition) is 0. The summed E-state index contributed by atoms with van der Waals surface area (Å²) in [7, 11) is -4.07. The van der Waals surface area contributed by atoms with Gasteiger partial charge in [-0.3, -0.25) is 0 Å². The topological polar surface area (TPSA) is 87.4 Å². The van der Waals surface area contributed by atoms with Gasteiger partial charge in [0.1, 0.15) is 11.0 Å². The molecule has 1 aromatic carbocycles. The molecule has 0 saturated carbocycles. The molecule has 0 spiro atoms. The van der Waals surface area contributed by atoms with E-state index in [1.54, 1.807) is 6.07 Å². The van der Waals surface area contributed by atoms with Crippen LogP contribution in [0.1, 0.15) is 5.56 Å². The minimum absolute atomic E-state index is 0.0495. The minimum atomic E-state index is -4.07. The summed E-state index contributed by atoms with van der Waals surface area (Å²) < 4.78 is 25.1. The molecule has 0 radical (unpaired) electrons. The molecule has 5 nitrogen and oxygen atoms in total. The second-order valence-electron chi connectivity index (χ2n) is 2.27. The molecule has 0 aliphatic heterocycles. The third-order valence-electron chi connectivity index (χ3n) is 1.44. The molecule has 0 atom stereocenters. The van der Waals surface area contributed by atoms with E-state index in [1.165, 1.54) is 24.3 Å². The predicted octanol–water partition coefficient (Wildman–Crippen LogP) is 0.583. The van der Waals surface area contributed by atoms with E-state index in [0.717, 1.165) is 6.08 Å². The first-order valence-electron chi connectivity index (χ1n) is 3.45. The number of isocyanates is 1. The van der Waals surface area contributed by atoms with Crippen LogP contribution in [0.5, 0.6) is 0 Å². The Bertz CT molecular complexity index is 536. The van der Waals surface area contributed by atoms with Gasteiger partial charge in [0.15, 0.2) is 0 Å². The van der Waals surface area contributed by atoms with Crippen molar-refractivity contribution in [2.24, 2.45) is 4.40 Å². The van der Waals surface area contributed by atoms with Crippen LogP contribution < -0.4 is 0 Å². The van der Waals surface area contributed by atoms with Crippen molar-refractivity contribution in [1.82, 2.24) is 0 Å². The Morgan fingerprint density at radius 2 is 1.93 bits per heavy atom. The highest BCUT2D eigenvalue weighted by Gasteiger charge is 2.16. The highest BCUT2D eigenvalue weighted by Crippen LogP contribution is 2.16. The van der Waals surface area contributed by atoms with Crippen molar-refractivity contribution in [2.45, 2.75) is 4.90 Å². The van der Waals surface area contributed by atoms with Gasteiger partial charge in [0, 0.05) is 0 Å². The Morgan fingerprint density at radius 1 is 1.29 bits per heavy atom. The molecule has 0 amide bonds. The van der Waals surface area contributed by atoms with Gasteiger partial charge < -0.3 is 0 Å². The Balaban J connectivity index is 3.49. The molecule has 0 heterocycles. The molecule has 0 fully saturated rings. The fraction of sp³-hybridized carbons (Fsp3) is 0. The fourth-order valence-electron chi connectivity index (χ4n) is 0.882. The van der Waals surface area contributed by atoms with Crippen LogP contribution in [-0.2, 0) is 14.8 Å². The Labute approximate surface area is 80.4 Å². The lowest BCUT2D eigenvalue weighted by Crippen LogP contribution is -1.99. The van der Waals surface area contributed by atoms with Crippen molar-refractivity contribution in [1.29, 1.82) is 5.26 Å². The number of nitrogens with zero attached hydrogens (tertiary/aromatic N) is 2. The highest BCUT2D eigenvalue weighted by molar-refractivity contribution is 7.90. The van der Waals surface area contributed by atoms with Gasteiger partial charge in [-0.15, -0.1) is 0 Å². The van der Waals surface area contributed by atoms with E-state index < -0.39 is 10.0 Å². The molecular weight excluding hydrogens is 204 g/mol. The maximum Gasteiger partial charge on any atom is 0.293 e. The summed E-state index contributed by atoms with van der Waals surface area (Å²) in [6.07, 6.45) is 0.935. The lowest BCUT2D eigenvalue weighted by Gasteiger charge is -1.97. The summed E-state index contributed by atoms with van der Waals surface area (Å²) >= 11 is 0. The number of hydrogen-bond acceptors (Lipinski definition) is 4. The first-order chi connectivity index (χ1) is 6.61. The Hall–Kier alpha value is -1.96. The second-order valence-corrected chi connectivity index (χ2v) is 3.84. The summed E-state index contributed by atoms with van der Waals surface area (Å²) in [6.45, 7) is 0. The average Bonchev–Trinajstić information content (AvgIpc) is 2.18. The summed E-state index contributed by atoms with van der Waals surface area (Å²) in [5.41, 5.74) is -0.0495. The maximum atomic E-state index is 11.2. The molecular formula is C8H4N2O3S. The number of sulfonamides is 1. The van der Waals surface area contributed by atoms with Crippen LogP contribution >= 0.6 is 0 Å². The van der Waals surface area contributed by atoms with Gasteiger partial charge in [0.2, 0.25) is 0 Å². The zero-order valence-corrected chi connectivity index (χ0v) is 7.65. The Kier molecular flexibility index (Phi) is 2.77. The molecule has 6 heteroatoms. The number of nitriles is 1. The summed E-state index contributed by atoms with van der Waals surface area (Å²) in [6, 6.07) is 7.18. The SMILES string of the molecule is N#Cc1ccccc1S(=O)(=O)N=C=O. The van der Waals surface area contributed by atoms with Gasteiger partial charge in [0.05, 0.1) is 5.56 Å². The maximum absolute atomic E-state index is 11.2. The van der Waals surface area contributed by atoms with Crippen LogP contribution in [-0.4, -0.2) is 14.5 Å². The van der Waals surface area contributed by atoms with Gasteiger partial charge in [-0.2, -0.15) is 13.7 Å². The van der Waals surface area contributed by atoms with Crippen LogP contribution in [0.4, 0.5) is 0 Å². The molecule has 1 rings (SSSR count). The predicted molar refractivity (Wildman–Crippen MR) is 46.5 cm³/mol. The molecule has 1 aromatic rings. The first-order valence-corrected chi connectivity index (χ1v) is 4.89. The van der Waals surface area contributed by atoms with Crippen molar-refractivity contribution in [3.05, 3.63) is 29.8 Å². The summed E-state index contributed by atoms with van der Waals surface area (Å²) in [4.78, 5) is 9.55. The quantitative estimate of drug-likeness (QED) is 0.525. The van der Waals surface area contributed by atoms with Crippen molar-refractivity contribution in [3.8, 4) is 6.07 Å². The third kappa shape index (κ3) is 1.85. The van der Waals surface area contributed by atoms with E-state index in [0.29, 0.717) is 0 Å². The first kappa shape index (κ1) is 10.1. The van der Waals surface area contributed by atoms with Crippen molar-refractivity contribution in [2.75, 3.05) is 0 Å². The Morgan fingerprint density at radius 3 is 2.50 bits per heavy atom. The zero-order chi connectivity index (χ0) is 10.6. The average molecular weight is 208 g/mol. The van der Waals surface area contributed by atoms with Crippen LogP contribution in [0.2, 0.25) is 0 Å². The van der Waals surface area contributed by atoms with Gasteiger partial charge in [-0.25, -0.2) is 4.79 Å². The highest BCUT2D eigenvalue weighted by atomic mass is 32.2. The number of carbonyl (C=O) groups excluding carboxylic acids is 1. The summed E-state index contributed by atoms with van der Waals surface area (Å²) in [5, 5.41) is 8.60. The largest absolute Gasteiger partial charge is 0.293 e. The minimum Gasteiger partial charge on any atom is -0.210 e. The summed E-state index contributed by atoms with van der Waals surface area (Å²) in [5.74, 6) is 0. The lowest BCUT2D eigenvalue weighted by molar-refractivity contribution is 0.563.